The summed E-state index contributed by atoms with van der Waals surface area (Å²) >= 11 is 0. The molecule has 4 aromatic rings. The van der Waals surface area contributed by atoms with E-state index in [1.807, 2.05) is 0 Å². The number of H-pyrrole nitrogens is 1. The number of aromatic nitrogens is 2. The number of benzene rings is 3. The van der Waals surface area contributed by atoms with Gasteiger partial charge >= 0.3 is 6.18 Å². The van der Waals surface area contributed by atoms with Crippen LogP contribution in [0.2, 0.25) is 0 Å². The molecule has 1 aromatic heterocycles. The molecule has 4 rings (SSSR count). The van der Waals surface area contributed by atoms with Crippen LogP contribution in [0.4, 0.5) is 13.2 Å². The highest BCUT2D eigenvalue weighted by Crippen LogP contribution is 2.39. The number of hydrogen-bond acceptors (Lipinski definition) is 3. The molecule has 0 unspecified atom stereocenters. The minimum atomic E-state index is -4.53. The zero-order valence-corrected chi connectivity index (χ0v) is 17.3. The minimum absolute atomic E-state index is 0.0592. The van der Waals surface area contributed by atoms with Crippen molar-refractivity contribution >= 4 is 19.7 Å². The van der Waals surface area contributed by atoms with Crippen molar-refractivity contribution in [1.29, 1.82) is 0 Å². The molecule has 0 saturated heterocycles. The summed E-state index contributed by atoms with van der Waals surface area (Å²) in [5.74, 6) is 0.384. The highest BCUT2D eigenvalue weighted by atomic mass is 35.7. The lowest BCUT2D eigenvalue weighted by molar-refractivity contribution is -0.137. The SMILES string of the molecule is O=S(=O)(Cl)c1ccc(-c2ncc(-c3ccc(-c4ccccc4)c(C(F)(F)F)c3)[nH]2)cc1. The van der Waals surface area contributed by atoms with Gasteiger partial charge in [0.15, 0.2) is 0 Å². The van der Waals surface area contributed by atoms with Crippen molar-refractivity contribution in [2.75, 3.05) is 0 Å². The van der Waals surface area contributed by atoms with E-state index in [0.29, 0.717) is 28.2 Å². The summed E-state index contributed by atoms with van der Waals surface area (Å²) in [6, 6.07) is 18.2. The van der Waals surface area contributed by atoms with Crippen LogP contribution >= 0.6 is 10.7 Å². The highest BCUT2D eigenvalue weighted by molar-refractivity contribution is 8.13. The highest BCUT2D eigenvalue weighted by Gasteiger charge is 2.34. The molecule has 1 heterocycles. The van der Waals surface area contributed by atoms with Crippen molar-refractivity contribution in [2.24, 2.45) is 0 Å². The topological polar surface area (TPSA) is 62.8 Å². The smallest absolute Gasteiger partial charge is 0.338 e. The molecule has 1 N–H and O–H groups in total. The van der Waals surface area contributed by atoms with Gasteiger partial charge in [-0.15, -0.1) is 0 Å². The largest absolute Gasteiger partial charge is 0.417 e. The summed E-state index contributed by atoms with van der Waals surface area (Å²) in [5.41, 5.74) is 1.10. The Kier molecular flexibility index (Phi) is 5.36. The molecule has 4 nitrogen and oxygen atoms in total. The number of halogens is 4. The molecule has 0 aliphatic rings. The molecule has 0 amide bonds. The average Bonchev–Trinajstić information content (AvgIpc) is 3.23. The van der Waals surface area contributed by atoms with Gasteiger partial charge in [-0.2, -0.15) is 13.2 Å². The summed E-state index contributed by atoms with van der Waals surface area (Å²) in [7, 11) is 1.46. The summed E-state index contributed by atoms with van der Waals surface area (Å²) in [6.45, 7) is 0. The Hall–Kier alpha value is -3.10. The van der Waals surface area contributed by atoms with Gasteiger partial charge in [0.1, 0.15) is 5.82 Å². The standard InChI is InChI=1S/C22H14ClF3N2O2S/c23-31(29,30)17-9-6-15(7-10-17)21-27-13-20(28-21)16-8-11-18(14-4-2-1-3-5-14)19(12-16)22(24,25)26/h1-13H,(H,27,28). The predicted octanol–water partition coefficient (Wildman–Crippen LogP) is 6.36. The van der Waals surface area contributed by atoms with Gasteiger partial charge < -0.3 is 4.98 Å². The molecule has 0 bridgehead atoms. The monoisotopic (exact) mass is 462 g/mol. The molecule has 0 aliphatic carbocycles. The third kappa shape index (κ3) is 4.50. The number of aromatic amines is 1. The van der Waals surface area contributed by atoms with E-state index in [-0.39, 0.29) is 10.5 Å². The predicted molar refractivity (Wildman–Crippen MR) is 113 cm³/mol. The van der Waals surface area contributed by atoms with Gasteiger partial charge in [-0.1, -0.05) is 42.5 Å². The van der Waals surface area contributed by atoms with Crippen LogP contribution in [0.25, 0.3) is 33.8 Å². The van der Waals surface area contributed by atoms with E-state index in [0.717, 1.165) is 6.07 Å². The summed E-state index contributed by atoms with van der Waals surface area (Å²) in [6.07, 6.45) is -3.11. The molecule has 0 atom stereocenters. The van der Waals surface area contributed by atoms with E-state index >= 15 is 0 Å². The first-order valence-electron chi connectivity index (χ1n) is 9.00. The van der Waals surface area contributed by atoms with Crippen LogP contribution in [-0.4, -0.2) is 18.4 Å². The minimum Gasteiger partial charge on any atom is -0.338 e. The lowest BCUT2D eigenvalue weighted by atomic mass is 9.96. The molecule has 0 fully saturated rings. The normalized spacial score (nSPS) is 12.1. The first kappa shape index (κ1) is 21.1. The lowest BCUT2D eigenvalue weighted by Gasteiger charge is -2.14. The number of hydrogen-bond donors (Lipinski definition) is 1. The van der Waals surface area contributed by atoms with Gasteiger partial charge in [-0.05, 0) is 41.5 Å². The van der Waals surface area contributed by atoms with Crippen LogP contribution < -0.4 is 0 Å². The number of nitrogens with zero attached hydrogens (tertiary/aromatic N) is 1. The van der Waals surface area contributed by atoms with Gasteiger partial charge in [-0.25, -0.2) is 13.4 Å². The number of alkyl halides is 3. The molecule has 0 spiro atoms. The summed E-state index contributed by atoms with van der Waals surface area (Å²) < 4.78 is 64.0. The maximum atomic E-state index is 13.7. The molecular weight excluding hydrogens is 449 g/mol. The van der Waals surface area contributed by atoms with E-state index in [1.165, 1.54) is 36.5 Å². The fourth-order valence-electron chi connectivity index (χ4n) is 3.21. The number of rotatable bonds is 4. The van der Waals surface area contributed by atoms with Crippen LogP contribution in [0.15, 0.2) is 83.9 Å². The van der Waals surface area contributed by atoms with Gasteiger partial charge in [0, 0.05) is 21.8 Å². The van der Waals surface area contributed by atoms with Crippen LogP contribution in [-0.2, 0) is 15.2 Å². The quantitative estimate of drug-likeness (QED) is 0.359. The van der Waals surface area contributed by atoms with Crippen LogP contribution in [0.1, 0.15) is 5.56 Å². The third-order valence-corrected chi connectivity index (χ3v) is 6.08. The van der Waals surface area contributed by atoms with Crippen LogP contribution in [0.5, 0.6) is 0 Å². The second kappa shape index (κ2) is 7.86. The maximum absolute atomic E-state index is 13.7. The molecule has 0 saturated carbocycles. The van der Waals surface area contributed by atoms with Gasteiger partial charge in [0.2, 0.25) is 0 Å². The molecule has 0 aliphatic heterocycles. The third-order valence-electron chi connectivity index (χ3n) is 4.71. The zero-order chi connectivity index (χ0) is 22.2. The van der Waals surface area contributed by atoms with E-state index < -0.39 is 20.8 Å². The Morgan fingerprint density at radius 2 is 1.48 bits per heavy atom. The zero-order valence-electron chi connectivity index (χ0n) is 15.7. The Morgan fingerprint density at radius 1 is 0.839 bits per heavy atom. The molecule has 0 radical (unpaired) electrons. The Morgan fingerprint density at radius 3 is 2.10 bits per heavy atom. The summed E-state index contributed by atoms with van der Waals surface area (Å²) in [5, 5.41) is 0. The van der Waals surface area contributed by atoms with Gasteiger partial charge in [-0.3, -0.25) is 0 Å². The Balaban J connectivity index is 1.72. The average molecular weight is 463 g/mol. The van der Waals surface area contributed by atoms with Crippen molar-refractivity contribution in [3.05, 3.63) is 84.6 Å². The molecule has 9 heteroatoms. The maximum Gasteiger partial charge on any atom is 0.417 e. The van der Waals surface area contributed by atoms with Gasteiger partial charge in [0.05, 0.1) is 22.3 Å². The van der Waals surface area contributed by atoms with Crippen LogP contribution in [0.3, 0.4) is 0 Å². The fraction of sp³-hybridized carbons (Fsp3) is 0.0455. The van der Waals surface area contributed by atoms with Crippen LogP contribution in [0, 0.1) is 0 Å². The van der Waals surface area contributed by atoms with E-state index in [4.69, 9.17) is 10.7 Å². The van der Waals surface area contributed by atoms with E-state index in [9.17, 15) is 21.6 Å². The van der Waals surface area contributed by atoms with E-state index in [1.54, 1.807) is 36.4 Å². The Labute approximate surface area is 180 Å². The first-order chi connectivity index (χ1) is 14.6. The fourth-order valence-corrected chi connectivity index (χ4v) is 3.98. The lowest BCUT2D eigenvalue weighted by Crippen LogP contribution is -2.07. The summed E-state index contributed by atoms with van der Waals surface area (Å²) in [4.78, 5) is 7.13. The number of nitrogens with one attached hydrogen (secondary N) is 1. The number of imidazole rings is 1. The Bertz CT molecular complexity index is 1330. The van der Waals surface area contributed by atoms with Crippen molar-refractivity contribution in [3.63, 3.8) is 0 Å². The van der Waals surface area contributed by atoms with Crippen molar-refractivity contribution in [2.45, 2.75) is 11.1 Å². The van der Waals surface area contributed by atoms with Gasteiger partial charge in [0.25, 0.3) is 9.05 Å². The van der Waals surface area contributed by atoms with Crippen molar-refractivity contribution < 1.29 is 21.6 Å². The van der Waals surface area contributed by atoms with E-state index in [2.05, 4.69) is 9.97 Å². The van der Waals surface area contributed by atoms with Crippen molar-refractivity contribution in [1.82, 2.24) is 9.97 Å². The second-order valence-corrected chi connectivity index (χ2v) is 9.30. The first-order valence-corrected chi connectivity index (χ1v) is 11.3. The molecule has 31 heavy (non-hydrogen) atoms. The molecule has 3 aromatic carbocycles. The molecule has 158 valence electrons. The second-order valence-electron chi connectivity index (χ2n) is 6.73. The van der Waals surface area contributed by atoms with Crippen molar-refractivity contribution in [3.8, 4) is 33.8 Å². The molecular formula is C22H14ClF3N2O2S.